The fourth-order valence-corrected chi connectivity index (χ4v) is 2.73. The van der Waals surface area contributed by atoms with Gasteiger partial charge in [0, 0.05) is 0 Å². The Kier molecular flexibility index (Phi) is 8.95. The van der Waals surface area contributed by atoms with Crippen LogP contribution in [-0.2, 0) is 0 Å². The Hall–Kier alpha value is 0.490. The van der Waals surface area contributed by atoms with Gasteiger partial charge in [0.2, 0.25) is 0 Å². The van der Waals surface area contributed by atoms with Crippen LogP contribution in [-0.4, -0.2) is 32.6 Å². The summed E-state index contributed by atoms with van der Waals surface area (Å²) in [6.07, 6.45) is 4.52. The Morgan fingerprint density at radius 2 is 2.33 bits per heavy atom. The molecule has 0 bridgehead atoms. The van der Waals surface area contributed by atoms with Crippen molar-refractivity contribution >= 4 is 20.9 Å². The first-order chi connectivity index (χ1) is 4.41. The second kappa shape index (κ2) is 8.49. The molecule has 0 spiro atoms. The van der Waals surface area contributed by atoms with Crippen LogP contribution >= 0.6 is 0 Å². The molecular weight excluding hydrogens is 228 g/mol. The molecule has 0 aromatic heterocycles. The number of hydrogen-bond acceptors (Lipinski definition) is 1. The monoisotopic (exact) mass is 244 g/mol. The number of rotatable bonds is 5. The van der Waals surface area contributed by atoms with Crippen molar-refractivity contribution in [3.05, 3.63) is 10.2 Å². The summed E-state index contributed by atoms with van der Waals surface area (Å²) in [6, 6.07) is 0. The van der Waals surface area contributed by atoms with Gasteiger partial charge in [0.05, 0.1) is 0 Å². The van der Waals surface area contributed by atoms with Gasteiger partial charge in [-0.25, -0.2) is 0 Å². The van der Waals surface area contributed by atoms with E-state index >= 15 is 0 Å². The van der Waals surface area contributed by atoms with Gasteiger partial charge in [0.25, 0.3) is 0 Å². The first-order valence-electron chi connectivity index (χ1n) is 3.29. The minimum absolute atomic E-state index is 0.117. The molecule has 2 heteroatoms. The molecule has 0 aliphatic carbocycles. The number of unbranched alkanes of at least 4 members (excludes halogenated alkanes) is 1. The predicted octanol–water partition coefficient (Wildman–Crippen LogP) is 1.41. The summed E-state index contributed by atoms with van der Waals surface area (Å²) in [5.74, 6) is 0. The van der Waals surface area contributed by atoms with Crippen molar-refractivity contribution in [3.8, 4) is 0 Å². The number of hydrogen-bond donors (Lipinski definition) is 1. The first-order valence-corrected chi connectivity index (χ1v) is 6.28. The quantitative estimate of drug-likeness (QED) is 0.570. The molecule has 9 heavy (non-hydrogen) atoms. The summed E-state index contributed by atoms with van der Waals surface area (Å²) in [5, 5.41) is 8.36. The molecule has 0 heterocycles. The van der Waals surface area contributed by atoms with E-state index in [0.717, 1.165) is 0 Å². The van der Waals surface area contributed by atoms with Crippen molar-refractivity contribution in [2.45, 2.75) is 24.2 Å². The Morgan fingerprint density at radius 1 is 1.56 bits per heavy atom. The van der Waals surface area contributed by atoms with Gasteiger partial charge in [-0.1, -0.05) is 0 Å². The molecule has 0 amide bonds. The maximum absolute atomic E-state index is 8.36. The van der Waals surface area contributed by atoms with Crippen molar-refractivity contribution < 1.29 is 5.11 Å². The Balaban J connectivity index is 2.82. The third-order valence-corrected chi connectivity index (χ3v) is 3.51. The third kappa shape index (κ3) is 8.49. The maximum atomic E-state index is 8.36. The van der Waals surface area contributed by atoms with E-state index in [-0.39, 0.29) is 27.5 Å². The predicted molar refractivity (Wildman–Crippen MR) is 41.7 cm³/mol. The second-order valence-corrected chi connectivity index (χ2v) is 4.67. The first kappa shape index (κ1) is 9.49. The Labute approximate surface area is 67.2 Å². The van der Waals surface area contributed by atoms with Crippen molar-refractivity contribution in [1.29, 1.82) is 0 Å². The summed E-state index contributed by atoms with van der Waals surface area (Å²) < 4.78 is 3.55. The molecule has 0 saturated heterocycles. The zero-order valence-corrected chi connectivity index (χ0v) is 8.17. The molecule has 0 aliphatic heterocycles. The molecule has 0 fully saturated rings. The van der Waals surface area contributed by atoms with Crippen LogP contribution < -0.4 is 0 Å². The van der Waals surface area contributed by atoms with Crippen LogP contribution in [0.1, 0.15) is 19.8 Å². The standard InChI is InChI=1S/C7H14OTe/c1-2-3-6-9-7-4-5-8/h4,7-8H,2-3,5-6H2,1H3. The van der Waals surface area contributed by atoms with Crippen molar-refractivity contribution in [1.82, 2.24) is 0 Å². The molecule has 0 radical (unpaired) electrons. The fourth-order valence-electron chi connectivity index (χ4n) is 0.407. The van der Waals surface area contributed by atoms with Gasteiger partial charge in [-0.15, -0.1) is 0 Å². The molecule has 0 aromatic rings. The topological polar surface area (TPSA) is 20.2 Å². The van der Waals surface area contributed by atoms with Crippen LogP contribution in [0.5, 0.6) is 0 Å². The minimum atomic E-state index is 0.117. The van der Waals surface area contributed by atoms with E-state index in [2.05, 4.69) is 11.0 Å². The summed E-state index contributed by atoms with van der Waals surface area (Å²) in [4.78, 5) is 0. The van der Waals surface area contributed by atoms with E-state index in [0.29, 0.717) is 0 Å². The van der Waals surface area contributed by atoms with Crippen LogP contribution in [0.2, 0.25) is 4.47 Å². The molecule has 0 aliphatic rings. The molecule has 0 saturated carbocycles. The van der Waals surface area contributed by atoms with Gasteiger partial charge >= 0.3 is 67.1 Å². The average molecular weight is 242 g/mol. The molecule has 1 N–H and O–H groups in total. The fraction of sp³-hybridized carbons (Fsp3) is 0.714. The van der Waals surface area contributed by atoms with E-state index in [1.807, 2.05) is 6.08 Å². The summed E-state index contributed by atoms with van der Waals surface area (Å²) in [6.45, 7) is 2.43. The molecule has 0 atom stereocenters. The zero-order valence-electron chi connectivity index (χ0n) is 5.84. The van der Waals surface area contributed by atoms with Gasteiger partial charge in [-0.3, -0.25) is 0 Å². The molecular formula is C7H14OTe. The number of aliphatic hydroxyl groups excluding tert-OH is 1. The SMILES string of the molecule is CCCC[Te]C=CCO. The van der Waals surface area contributed by atoms with Crippen LogP contribution in [0, 0.1) is 0 Å². The Bertz CT molecular complexity index is 71.3. The van der Waals surface area contributed by atoms with Crippen LogP contribution in [0.15, 0.2) is 10.2 Å². The van der Waals surface area contributed by atoms with Gasteiger partial charge in [0.15, 0.2) is 0 Å². The second-order valence-electron chi connectivity index (χ2n) is 1.78. The third-order valence-electron chi connectivity index (χ3n) is 0.914. The summed E-state index contributed by atoms with van der Waals surface area (Å²) >= 11 is 0.117. The van der Waals surface area contributed by atoms with E-state index in [1.54, 1.807) is 0 Å². The van der Waals surface area contributed by atoms with Crippen LogP contribution in [0.25, 0.3) is 0 Å². The van der Waals surface area contributed by atoms with E-state index in [1.165, 1.54) is 17.3 Å². The van der Waals surface area contributed by atoms with Gasteiger partial charge in [0.1, 0.15) is 0 Å². The van der Waals surface area contributed by atoms with Crippen LogP contribution in [0.3, 0.4) is 0 Å². The van der Waals surface area contributed by atoms with Crippen molar-refractivity contribution in [2.24, 2.45) is 0 Å². The average Bonchev–Trinajstić information content (AvgIpc) is 1.89. The van der Waals surface area contributed by atoms with Crippen LogP contribution in [0.4, 0.5) is 0 Å². The zero-order chi connectivity index (χ0) is 6.95. The van der Waals surface area contributed by atoms with Gasteiger partial charge in [-0.2, -0.15) is 0 Å². The molecule has 0 rings (SSSR count). The normalized spacial score (nSPS) is 10.9. The van der Waals surface area contributed by atoms with E-state index in [4.69, 9.17) is 5.11 Å². The van der Waals surface area contributed by atoms with Crippen molar-refractivity contribution in [2.75, 3.05) is 6.61 Å². The van der Waals surface area contributed by atoms with Crippen molar-refractivity contribution in [3.63, 3.8) is 0 Å². The molecule has 0 aromatic carbocycles. The van der Waals surface area contributed by atoms with E-state index in [9.17, 15) is 0 Å². The molecule has 54 valence electrons. The van der Waals surface area contributed by atoms with Gasteiger partial charge < -0.3 is 0 Å². The summed E-state index contributed by atoms with van der Waals surface area (Å²) in [5.41, 5.74) is 0. The molecule has 0 unspecified atom stereocenters. The summed E-state index contributed by atoms with van der Waals surface area (Å²) in [7, 11) is 0. The van der Waals surface area contributed by atoms with E-state index < -0.39 is 0 Å². The number of aliphatic hydroxyl groups is 1. The van der Waals surface area contributed by atoms with Gasteiger partial charge in [-0.05, 0) is 0 Å². The Morgan fingerprint density at radius 3 is 2.89 bits per heavy atom. The molecule has 1 nitrogen and oxygen atoms in total.